The lowest BCUT2D eigenvalue weighted by atomic mass is 9.86. The van der Waals surface area contributed by atoms with Gasteiger partial charge in [-0.15, -0.1) is 0 Å². The SMILES string of the molecule is Cc1cc(C(C)(C)C)ccc1N/C(NC(C)(C)C)=[N+](/OS(=O)(=O)[O-])C(C)(C)C. The van der Waals surface area contributed by atoms with Gasteiger partial charge in [0.15, 0.2) is 0 Å². The number of hydrogen-bond donors (Lipinski definition) is 2. The fourth-order valence-electron chi connectivity index (χ4n) is 2.46. The maximum atomic E-state index is 11.3. The summed E-state index contributed by atoms with van der Waals surface area (Å²) in [5, 5.41) is 6.42. The van der Waals surface area contributed by atoms with E-state index in [1.54, 1.807) is 20.8 Å². The summed E-state index contributed by atoms with van der Waals surface area (Å²) in [6, 6.07) is 6.05. The number of anilines is 1. The molecule has 0 saturated heterocycles. The van der Waals surface area contributed by atoms with Gasteiger partial charge in [-0.3, -0.25) is 5.32 Å². The van der Waals surface area contributed by atoms with Gasteiger partial charge >= 0.3 is 5.96 Å². The van der Waals surface area contributed by atoms with Crippen molar-refractivity contribution >= 4 is 22.0 Å². The number of guanidine groups is 1. The zero-order chi connectivity index (χ0) is 22.1. The van der Waals surface area contributed by atoms with Crippen molar-refractivity contribution in [3.63, 3.8) is 0 Å². The van der Waals surface area contributed by atoms with Crippen LogP contribution in [0.2, 0.25) is 0 Å². The lowest BCUT2D eigenvalue weighted by Crippen LogP contribution is -2.53. The van der Waals surface area contributed by atoms with E-state index in [9.17, 15) is 13.0 Å². The van der Waals surface area contributed by atoms with Crippen LogP contribution >= 0.6 is 0 Å². The minimum absolute atomic E-state index is 0.0106. The molecule has 0 unspecified atom stereocenters. The summed E-state index contributed by atoms with van der Waals surface area (Å²) in [6.45, 7) is 19.4. The fourth-order valence-corrected chi connectivity index (χ4v) is 2.94. The molecule has 0 amide bonds. The van der Waals surface area contributed by atoms with Crippen molar-refractivity contribution in [1.29, 1.82) is 0 Å². The van der Waals surface area contributed by atoms with E-state index in [2.05, 4.69) is 37.5 Å². The molecule has 160 valence electrons. The van der Waals surface area contributed by atoms with E-state index >= 15 is 0 Å². The van der Waals surface area contributed by atoms with Crippen molar-refractivity contribution in [2.24, 2.45) is 0 Å². The Kier molecular flexibility index (Phi) is 6.85. The molecule has 1 aromatic rings. The van der Waals surface area contributed by atoms with E-state index in [0.717, 1.165) is 16.0 Å². The highest BCUT2D eigenvalue weighted by molar-refractivity contribution is 7.80. The van der Waals surface area contributed by atoms with Crippen molar-refractivity contribution < 1.29 is 22.0 Å². The van der Waals surface area contributed by atoms with Crippen LogP contribution in [0.1, 0.15) is 73.4 Å². The molecule has 0 bridgehead atoms. The van der Waals surface area contributed by atoms with Crippen LogP contribution in [-0.2, 0) is 20.1 Å². The zero-order valence-corrected chi connectivity index (χ0v) is 19.5. The van der Waals surface area contributed by atoms with Gasteiger partial charge in [-0.2, -0.15) is 8.42 Å². The summed E-state index contributed by atoms with van der Waals surface area (Å²) in [6.07, 6.45) is 0. The molecule has 0 fully saturated rings. The fraction of sp³-hybridized carbons (Fsp3) is 0.650. The first-order valence-electron chi connectivity index (χ1n) is 9.28. The quantitative estimate of drug-likeness (QED) is 0.196. The number of benzene rings is 1. The molecule has 0 atom stereocenters. The van der Waals surface area contributed by atoms with Crippen LogP contribution in [0, 0.1) is 6.92 Å². The molecular weight excluding hydrogens is 378 g/mol. The first kappa shape index (κ1) is 24.2. The number of nitrogens with zero attached hydrogens (tertiary/aromatic N) is 1. The Hall–Kier alpha value is -1.80. The lowest BCUT2D eigenvalue weighted by molar-refractivity contribution is -0.795. The minimum Gasteiger partial charge on any atom is -0.713 e. The first-order chi connectivity index (χ1) is 12.3. The van der Waals surface area contributed by atoms with Crippen LogP contribution in [0.15, 0.2) is 18.2 Å². The lowest BCUT2D eigenvalue weighted by Gasteiger charge is -2.28. The molecule has 28 heavy (non-hydrogen) atoms. The van der Waals surface area contributed by atoms with E-state index in [4.69, 9.17) is 4.28 Å². The molecule has 7 nitrogen and oxygen atoms in total. The van der Waals surface area contributed by atoms with E-state index in [1.807, 2.05) is 39.8 Å². The Labute approximate surface area is 170 Å². The highest BCUT2D eigenvalue weighted by atomic mass is 32.3. The Bertz CT molecular complexity index is 840. The first-order valence-corrected chi connectivity index (χ1v) is 10.6. The van der Waals surface area contributed by atoms with Crippen LogP contribution in [0.25, 0.3) is 0 Å². The molecule has 0 radical (unpaired) electrons. The van der Waals surface area contributed by atoms with Crippen molar-refractivity contribution in [3.05, 3.63) is 29.3 Å². The normalized spacial score (nSPS) is 14.4. The molecule has 1 aromatic carbocycles. The molecule has 0 saturated carbocycles. The number of hydroxylamine groups is 1. The molecule has 0 aliphatic rings. The summed E-state index contributed by atoms with van der Waals surface area (Å²) >= 11 is 0. The Morgan fingerprint density at radius 2 is 1.57 bits per heavy atom. The average molecular weight is 414 g/mol. The maximum absolute atomic E-state index is 11.3. The standard InChI is InChI=1S/C20H35N3O4S/c1-14-13-15(18(2,3)4)11-12-16(14)21-17(22-19(5,6)7)23(20(8,9)10)27-28(24,25)26/h11-13H,1-10H3,(H2,21,22,24,25,26). The van der Waals surface area contributed by atoms with Crippen molar-refractivity contribution in [2.75, 3.05) is 5.32 Å². The molecule has 0 aliphatic heterocycles. The molecule has 0 aliphatic carbocycles. The van der Waals surface area contributed by atoms with Crippen LogP contribution in [0.3, 0.4) is 0 Å². The second-order valence-electron chi connectivity index (χ2n) is 10.1. The van der Waals surface area contributed by atoms with Crippen molar-refractivity contribution in [3.8, 4) is 0 Å². The molecule has 0 aromatic heterocycles. The molecule has 0 heterocycles. The monoisotopic (exact) mass is 413 g/mol. The molecule has 0 spiro atoms. The van der Waals surface area contributed by atoms with Crippen LogP contribution in [0.5, 0.6) is 0 Å². The van der Waals surface area contributed by atoms with E-state index in [0.29, 0.717) is 0 Å². The Morgan fingerprint density at radius 1 is 1.04 bits per heavy atom. The molecular formula is C20H35N3O4S. The maximum Gasteiger partial charge on any atom is 0.389 e. The van der Waals surface area contributed by atoms with Gasteiger partial charge in [0.25, 0.3) is 10.4 Å². The smallest absolute Gasteiger partial charge is 0.389 e. The summed E-state index contributed by atoms with van der Waals surface area (Å²) in [7, 11) is -4.96. The summed E-state index contributed by atoms with van der Waals surface area (Å²) in [5.41, 5.74) is 1.74. The topological polar surface area (TPSA) is 93.5 Å². The van der Waals surface area contributed by atoms with Crippen molar-refractivity contribution in [2.45, 2.75) is 85.7 Å². The van der Waals surface area contributed by atoms with Gasteiger partial charge in [-0.1, -0.05) is 37.6 Å². The summed E-state index contributed by atoms with van der Waals surface area (Å²) in [5.74, 6) is 0.269. The molecule has 8 heteroatoms. The van der Waals surface area contributed by atoms with E-state index < -0.39 is 21.5 Å². The molecule has 2 N–H and O–H groups in total. The third kappa shape index (κ3) is 7.67. The molecule has 1 rings (SSSR count). The van der Waals surface area contributed by atoms with Crippen LogP contribution < -0.4 is 10.6 Å². The van der Waals surface area contributed by atoms with Gasteiger partial charge in [0.2, 0.25) is 0 Å². The highest BCUT2D eigenvalue weighted by Gasteiger charge is 2.32. The van der Waals surface area contributed by atoms with Gasteiger partial charge in [-0.25, -0.2) is 9.60 Å². The van der Waals surface area contributed by atoms with Gasteiger partial charge in [0, 0.05) is 0 Å². The third-order valence-corrected chi connectivity index (χ3v) is 4.15. The number of hydrogen-bond acceptors (Lipinski definition) is 4. The van der Waals surface area contributed by atoms with Crippen molar-refractivity contribution in [1.82, 2.24) is 5.32 Å². The van der Waals surface area contributed by atoms with Gasteiger partial charge < -0.3 is 4.55 Å². The predicted molar refractivity (Wildman–Crippen MR) is 112 cm³/mol. The Balaban J connectivity index is 3.54. The number of nitrogens with one attached hydrogen (secondary N) is 2. The van der Waals surface area contributed by atoms with Crippen LogP contribution in [0.4, 0.5) is 5.69 Å². The van der Waals surface area contributed by atoms with Gasteiger partial charge in [-0.05, 0) is 71.1 Å². The Morgan fingerprint density at radius 3 is 1.93 bits per heavy atom. The number of rotatable bonds is 3. The number of aryl methyl sites for hydroxylation is 1. The minimum atomic E-state index is -4.96. The summed E-state index contributed by atoms with van der Waals surface area (Å²) < 4.78 is 39.9. The third-order valence-electron chi connectivity index (χ3n) is 3.82. The second kappa shape index (κ2) is 7.91. The van der Waals surface area contributed by atoms with Gasteiger partial charge in [0.05, 0.1) is 5.54 Å². The average Bonchev–Trinajstić information content (AvgIpc) is 2.41. The zero-order valence-electron chi connectivity index (χ0n) is 18.7. The van der Waals surface area contributed by atoms with E-state index in [-0.39, 0.29) is 11.4 Å². The second-order valence-corrected chi connectivity index (χ2v) is 11.0. The van der Waals surface area contributed by atoms with Gasteiger partial charge in [0.1, 0.15) is 11.2 Å². The summed E-state index contributed by atoms with van der Waals surface area (Å²) in [4.78, 5) is 0. The largest absolute Gasteiger partial charge is 0.713 e. The van der Waals surface area contributed by atoms with E-state index in [1.165, 1.54) is 5.56 Å². The predicted octanol–water partition coefficient (Wildman–Crippen LogP) is 3.65. The highest BCUT2D eigenvalue weighted by Crippen LogP contribution is 2.26. The van der Waals surface area contributed by atoms with Crippen LogP contribution in [-0.4, -0.2) is 34.7 Å².